The first-order chi connectivity index (χ1) is 10.1. The highest BCUT2D eigenvalue weighted by molar-refractivity contribution is 5.77. The van der Waals surface area contributed by atoms with Crippen molar-refractivity contribution in [3.8, 4) is 0 Å². The highest BCUT2D eigenvalue weighted by Crippen LogP contribution is 2.29. The summed E-state index contributed by atoms with van der Waals surface area (Å²) in [5, 5.41) is 0. The van der Waals surface area contributed by atoms with Gasteiger partial charge in [-0.3, -0.25) is 9.59 Å². The Bertz CT molecular complexity index is 518. The number of methoxy groups -OCH3 is 1. The van der Waals surface area contributed by atoms with Crippen molar-refractivity contribution >= 4 is 11.9 Å². The third-order valence-electron chi connectivity index (χ3n) is 3.89. The first-order valence-electron chi connectivity index (χ1n) is 7.21. The van der Waals surface area contributed by atoms with Crippen molar-refractivity contribution in [3.05, 3.63) is 35.6 Å². The molecule has 0 aromatic heterocycles. The van der Waals surface area contributed by atoms with Crippen LogP contribution in [-0.2, 0) is 14.3 Å². The van der Waals surface area contributed by atoms with Crippen LogP contribution >= 0.6 is 0 Å². The molecule has 1 aliphatic rings. The molecule has 1 atom stereocenters. The van der Waals surface area contributed by atoms with E-state index in [1.165, 1.54) is 13.2 Å². The molecule has 0 bridgehead atoms. The van der Waals surface area contributed by atoms with E-state index >= 15 is 0 Å². The lowest BCUT2D eigenvalue weighted by Gasteiger charge is -2.17. The van der Waals surface area contributed by atoms with Gasteiger partial charge in [0.25, 0.3) is 0 Å². The predicted octanol–water partition coefficient (Wildman–Crippen LogP) is 2.48. The number of hydrogen-bond acceptors (Lipinski definition) is 3. The molecule has 1 aliphatic heterocycles. The molecule has 1 aromatic carbocycles. The van der Waals surface area contributed by atoms with Crippen LogP contribution in [0, 0.1) is 5.82 Å². The van der Waals surface area contributed by atoms with Crippen LogP contribution < -0.4 is 0 Å². The lowest BCUT2D eigenvalue weighted by Crippen LogP contribution is -2.28. The number of ether oxygens (including phenoxy) is 1. The van der Waals surface area contributed by atoms with E-state index < -0.39 is 0 Å². The summed E-state index contributed by atoms with van der Waals surface area (Å²) in [6.07, 6.45) is 1.86. The number of rotatable bonds is 5. The van der Waals surface area contributed by atoms with Crippen molar-refractivity contribution in [1.29, 1.82) is 0 Å². The fraction of sp³-hybridized carbons (Fsp3) is 0.500. The number of esters is 1. The fourth-order valence-corrected chi connectivity index (χ4v) is 2.69. The summed E-state index contributed by atoms with van der Waals surface area (Å²) in [5.41, 5.74) is 0.683. The lowest BCUT2D eigenvalue weighted by molar-refractivity contribution is -0.140. The van der Waals surface area contributed by atoms with Gasteiger partial charge >= 0.3 is 5.97 Å². The third kappa shape index (κ3) is 4.03. The van der Waals surface area contributed by atoms with E-state index in [1.807, 2.05) is 6.07 Å². The molecule has 0 radical (unpaired) electrons. The van der Waals surface area contributed by atoms with Crippen molar-refractivity contribution in [3.63, 3.8) is 0 Å². The predicted molar refractivity (Wildman–Crippen MR) is 76.2 cm³/mol. The van der Waals surface area contributed by atoms with Crippen LogP contribution in [0.1, 0.15) is 37.2 Å². The van der Waals surface area contributed by atoms with Gasteiger partial charge in [-0.25, -0.2) is 4.39 Å². The van der Waals surface area contributed by atoms with Crippen molar-refractivity contribution in [1.82, 2.24) is 4.90 Å². The molecule has 1 heterocycles. The maximum absolute atomic E-state index is 13.7. The highest BCUT2D eigenvalue weighted by atomic mass is 19.1. The molecule has 1 amide bonds. The summed E-state index contributed by atoms with van der Waals surface area (Å²) in [4.78, 5) is 24.8. The summed E-state index contributed by atoms with van der Waals surface area (Å²) >= 11 is 0. The Morgan fingerprint density at radius 3 is 2.81 bits per heavy atom. The van der Waals surface area contributed by atoms with E-state index in [4.69, 9.17) is 0 Å². The Morgan fingerprint density at radius 2 is 2.10 bits per heavy atom. The second kappa shape index (κ2) is 7.20. The molecule has 21 heavy (non-hydrogen) atoms. The van der Waals surface area contributed by atoms with E-state index in [-0.39, 0.29) is 30.0 Å². The minimum absolute atomic E-state index is 0.0257. The minimum Gasteiger partial charge on any atom is -0.469 e. The van der Waals surface area contributed by atoms with Gasteiger partial charge in [0, 0.05) is 31.8 Å². The van der Waals surface area contributed by atoms with Crippen LogP contribution in [0.5, 0.6) is 0 Å². The molecule has 114 valence electrons. The monoisotopic (exact) mass is 293 g/mol. The molecule has 2 rings (SSSR count). The van der Waals surface area contributed by atoms with Gasteiger partial charge in [-0.2, -0.15) is 0 Å². The first-order valence-corrected chi connectivity index (χ1v) is 7.21. The standard InChI is InChI=1S/C16H20FNO3/c1-21-16(20)8-4-7-15(19)18-10-9-12(11-18)13-5-2-3-6-14(13)17/h2-3,5-6,12H,4,7-11H2,1H3. The number of likely N-dealkylation sites (tertiary alicyclic amines) is 1. The van der Waals surface area contributed by atoms with E-state index in [9.17, 15) is 14.0 Å². The summed E-state index contributed by atoms with van der Waals surface area (Å²) in [6.45, 7) is 1.20. The number of nitrogens with zero attached hydrogens (tertiary/aromatic N) is 1. The number of halogens is 1. The molecule has 1 saturated heterocycles. The van der Waals surface area contributed by atoms with Crippen molar-refractivity contribution in [2.75, 3.05) is 20.2 Å². The summed E-state index contributed by atoms with van der Waals surface area (Å²) in [7, 11) is 1.34. The summed E-state index contributed by atoms with van der Waals surface area (Å²) < 4.78 is 18.3. The van der Waals surface area contributed by atoms with Crippen molar-refractivity contribution in [2.45, 2.75) is 31.6 Å². The van der Waals surface area contributed by atoms with E-state index in [0.29, 0.717) is 31.5 Å². The highest BCUT2D eigenvalue weighted by Gasteiger charge is 2.28. The SMILES string of the molecule is COC(=O)CCCC(=O)N1CCC(c2ccccc2F)C1. The number of carbonyl (C=O) groups is 2. The van der Waals surface area contributed by atoms with Gasteiger partial charge in [0.2, 0.25) is 5.91 Å². The van der Waals surface area contributed by atoms with Gasteiger partial charge in [0.15, 0.2) is 0 Å². The van der Waals surface area contributed by atoms with Gasteiger partial charge in [-0.05, 0) is 24.5 Å². The zero-order valence-corrected chi connectivity index (χ0v) is 12.2. The number of amides is 1. The first kappa shape index (κ1) is 15.5. The van der Waals surface area contributed by atoms with Crippen LogP contribution in [-0.4, -0.2) is 37.0 Å². The zero-order valence-electron chi connectivity index (χ0n) is 12.2. The van der Waals surface area contributed by atoms with Gasteiger partial charge in [-0.1, -0.05) is 18.2 Å². The third-order valence-corrected chi connectivity index (χ3v) is 3.89. The van der Waals surface area contributed by atoms with Crippen LogP contribution in [0.15, 0.2) is 24.3 Å². The fourth-order valence-electron chi connectivity index (χ4n) is 2.69. The van der Waals surface area contributed by atoms with Crippen LogP contribution in [0.4, 0.5) is 4.39 Å². The Kier molecular flexibility index (Phi) is 5.31. The topological polar surface area (TPSA) is 46.6 Å². The molecule has 1 aromatic rings. The summed E-state index contributed by atoms with van der Waals surface area (Å²) in [6, 6.07) is 6.73. The van der Waals surface area contributed by atoms with Crippen LogP contribution in [0.2, 0.25) is 0 Å². The zero-order chi connectivity index (χ0) is 15.2. The normalized spacial score (nSPS) is 17.8. The average Bonchev–Trinajstić information content (AvgIpc) is 2.97. The molecule has 1 fully saturated rings. The lowest BCUT2D eigenvalue weighted by atomic mass is 9.98. The molecule has 0 spiro atoms. The summed E-state index contributed by atoms with van der Waals surface area (Å²) in [5.74, 6) is -0.413. The van der Waals surface area contributed by atoms with E-state index in [1.54, 1.807) is 17.0 Å². The molecular weight excluding hydrogens is 273 g/mol. The molecule has 5 heteroatoms. The number of benzene rings is 1. The Hall–Kier alpha value is -1.91. The average molecular weight is 293 g/mol. The molecule has 4 nitrogen and oxygen atoms in total. The number of carbonyl (C=O) groups excluding carboxylic acids is 2. The van der Waals surface area contributed by atoms with Crippen LogP contribution in [0.25, 0.3) is 0 Å². The second-order valence-electron chi connectivity index (χ2n) is 5.28. The Balaban J connectivity index is 1.83. The number of hydrogen-bond donors (Lipinski definition) is 0. The van der Waals surface area contributed by atoms with Crippen molar-refractivity contribution in [2.24, 2.45) is 0 Å². The minimum atomic E-state index is -0.298. The van der Waals surface area contributed by atoms with Gasteiger partial charge in [0.1, 0.15) is 5.82 Å². The van der Waals surface area contributed by atoms with Crippen LogP contribution in [0.3, 0.4) is 0 Å². The Morgan fingerprint density at radius 1 is 1.33 bits per heavy atom. The molecule has 0 N–H and O–H groups in total. The second-order valence-corrected chi connectivity index (χ2v) is 5.28. The largest absolute Gasteiger partial charge is 0.469 e. The molecule has 0 saturated carbocycles. The van der Waals surface area contributed by atoms with Gasteiger partial charge in [0.05, 0.1) is 7.11 Å². The van der Waals surface area contributed by atoms with Gasteiger partial charge in [-0.15, -0.1) is 0 Å². The van der Waals surface area contributed by atoms with Gasteiger partial charge < -0.3 is 9.64 Å². The maximum Gasteiger partial charge on any atom is 0.305 e. The van der Waals surface area contributed by atoms with Crippen molar-refractivity contribution < 1.29 is 18.7 Å². The smallest absolute Gasteiger partial charge is 0.305 e. The maximum atomic E-state index is 13.7. The quantitative estimate of drug-likeness (QED) is 0.784. The molecule has 1 unspecified atom stereocenters. The van der Waals surface area contributed by atoms with E-state index in [0.717, 1.165) is 6.42 Å². The Labute approximate surface area is 123 Å². The molecular formula is C16H20FNO3. The van der Waals surface area contributed by atoms with E-state index in [2.05, 4.69) is 4.74 Å². The molecule has 0 aliphatic carbocycles.